The van der Waals surface area contributed by atoms with Crippen LogP contribution in [0.2, 0.25) is 0 Å². The molecule has 0 heterocycles. The molecule has 15 heavy (non-hydrogen) atoms. The lowest BCUT2D eigenvalue weighted by Crippen LogP contribution is -2.15. The SMILES string of the molecule is Cc1ccc(Br)c(NS(=O)(=O)CC#N)c1. The highest BCUT2D eigenvalue weighted by Crippen LogP contribution is 2.24. The number of anilines is 1. The van der Waals surface area contributed by atoms with Gasteiger partial charge in [0.05, 0.1) is 11.8 Å². The summed E-state index contributed by atoms with van der Waals surface area (Å²) in [5.74, 6) is -0.548. The van der Waals surface area contributed by atoms with E-state index in [1.165, 1.54) is 0 Å². The summed E-state index contributed by atoms with van der Waals surface area (Å²) in [7, 11) is -3.57. The molecule has 0 saturated carbocycles. The van der Waals surface area contributed by atoms with E-state index in [0.29, 0.717) is 10.2 Å². The molecule has 0 aliphatic heterocycles. The molecule has 0 aliphatic carbocycles. The van der Waals surface area contributed by atoms with Crippen LogP contribution in [0.5, 0.6) is 0 Å². The minimum absolute atomic E-state index is 0.449. The van der Waals surface area contributed by atoms with Gasteiger partial charge in [0, 0.05) is 4.47 Å². The number of hydrogen-bond donors (Lipinski definition) is 1. The van der Waals surface area contributed by atoms with Gasteiger partial charge in [-0.05, 0) is 40.5 Å². The van der Waals surface area contributed by atoms with E-state index in [0.717, 1.165) is 5.56 Å². The Morgan fingerprint density at radius 1 is 1.53 bits per heavy atom. The number of halogens is 1. The van der Waals surface area contributed by atoms with Crippen molar-refractivity contribution in [1.82, 2.24) is 0 Å². The maximum absolute atomic E-state index is 11.3. The number of nitrogens with zero attached hydrogens (tertiary/aromatic N) is 1. The lowest BCUT2D eigenvalue weighted by Gasteiger charge is -2.07. The summed E-state index contributed by atoms with van der Waals surface area (Å²) in [5.41, 5.74) is 1.39. The molecule has 80 valence electrons. The Morgan fingerprint density at radius 3 is 2.80 bits per heavy atom. The fourth-order valence-corrected chi connectivity index (χ4v) is 2.23. The van der Waals surface area contributed by atoms with Crippen molar-refractivity contribution < 1.29 is 8.42 Å². The molecule has 0 aromatic heterocycles. The molecule has 0 aliphatic rings. The highest BCUT2D eigenvalue weighted by molar-refractivity contribution is 9.10. The molecule has 6 heteroatoms. The van der Waals surface area contributed by atoms with Gasteiger partial charge in [-0.15, -0.1) is 0 Å². The first-order valence-electron chi connectivity index (χ1n) is 4.08. The molecule has 1 N–H and O–H groups in total. The molecule has 0 bridgehead atoms. The maximum Gasteiger partial charge on any atom is 0.246 e. The van der Waals surface area contributed by atoms with Crippen LogP contribution in [-0.4, -0.2) is 14.2 Å². The molecule has 1 aromatic carbocycles. The number of rotatable bonds is 3. The lowest BCUT2D eigenvalue weighted by atomic mass is 10.2. The van der Waals surface area contributed by atoms with Gasteiger partial charge < -0.3 is 0 Å². The van der Waals surface area contributed by atoms with Gasteiger partial charge in [-0.2, -0.15) is 5.26 Å². The van der Waals surface area contributed by atoms with Crippen LogP contribution in [0.15, 0.2) is 22.7 Å². The fourth-order valence-electron chi connectivity index (χ4n) is 1.01. The predicted octanol–water partition coefficient (Wildman–Crippen LogP) is 2.02. The molecular formula is C9H9BrN2O2S. The van der Waals surface area contributed by atoms with E-state index in [-0.39, 0.29) is 0 Å². The lowest BCUT2D eigenvalue weighted by molar-refractivity contribution is 0.604. The first-order chi connectivity index (χ1) is 6.94. The Labute approximate surface area is 97.1 Å². The van der Waals surface area contributed by atoms with Crippen molar-refractivity contribution in [2.75, 3.05) is 10.5 Å². The zero-order chi connectivity index (χ0) is 11.5. The number of hydrogen-bond acceptors (Lipinski definition) is 3. The number of nitrogens with one attached hydrogen (secondary N) is 1. The van der Waals surface area contributed by atoms with E-state index < -0.39 is 15.8 Å². The van der Waals surface area contributed by atoms with Gasteiger partial charge in [-0.25, -0.2) is 8.42 Å². The Morgan fingerprint density at radius 2 is 2.20 bits per heavy atom. The Kier molecular flexibility index (Phi) is 3.72. The molecular weight excluding hydrogens is 280 g/mol. The Balaban J connectivity index is 3.00. The minimum atomic E-state index is -3.57. The fraction of sp³-hybridized carbons (Fsp3) is 0.222. The van der Waals surface area contributed by atoms with Crippen molar-refractivity contribution >= 4 is 31.6 Å². The normalized spacial score (nSPS) is 10.7. The van der Waals surface area contributed by atoms with Crippen molar-refractivity contribution in [3.8, 4) is 6.07 Å². The predicted molar refractivity (Wildman–Crippen MR) is 61.9 cm³/mol. The number of sulfonamides is 1. The third-order valence-electron chi connectivity index (χ3n) is 1.64. The van der Waals surface area contributed by atoms with Crippen LogP contribution < -0.4 is 4.72 Å². The molecule has 0 atom stereocenters. The van der Waals surface area contributed by atoms with E-state index in [2.05, 4.69) is 20.7 Å². The summed E-state index contributed by atoms with van der Waals surface area (Å²) in [6.07, 6.45) is 0. The van der Waals surface area contributed by atoms with Gasteiger partial charge in [0.15, 0.2) is 5.75 Å². The van der Waals surface area contributed by atoms with Gasteiger partial charge in [0.1, 0.15) is 0 Å². The van der Waals surface area contributed by atoms with Crippen molar-refractivity contribution in [2.45, 2.75) is 6.92 Å². The first kappa shape index (κ1) is 12.0. The Hall–Kier alpha value is -1.06. The summed E-state index contributed by atoms with van der Waals surface area (Å²) >= 11 is 3.22. The summed E-state index contributed by atoms with van der Waals surface area (Å²) in [4.78, 5) is 0. The summed E-state index contributed by atoms with van der Waals surface area (Å²) in [6.45, 7) is 1.86. The van der Waals surface area contributed by atoms with E-state index >= 15 is 0 Å². The molecule has 0 spiro atoms. The molecule has 0 radical (unpaired) electrons. The van der Waals surface area contributed by atoms with Crippen LogP contribution in [0, 0.1) is 18.3 Å². The average Bonchev–Trinajstić information content (AvgIpc) is 2.10. The van der Waals surface area contributed by atoms with Crippen molar-refractivity contribution in [2.24, 2.45) is 0 Å². The van der Waals surface area contributed by atoms with Gasteiger partial charge >= 0.3 is 0 Å². The van der Waals surface area contributed by atoms with Crippen LogP contribution in [-0.2, 0) is 10.0 Å². The highest BCUT2D eigenvalue weighted by Gasteiger charge is 2.11. The average molecular weight is 289 g/mol. The molecule has 1 aromatic rings. The van der Waals surface area contributed by atoms with Crippen LogP contribution in [0.3, 0.4) is 0 Å². The number of nitriles is 1. The summed E-state index contributed by atoms with van der Waals surface area (Å²) in [5, 5.41) is 8.32. The van der Waals surface area contributed by atoms with Crippen molar-refractivity contribution in [3.05, 3.63) is 28.2 Å². The monoisotopic (exact) mass is 288 g/mol. The maximum atomic E-state index is 11.3. The van der Waals surface area contributed by atoms with Crippen LogP contribution >= 0.6 is 15.9 Å². The van der Waals surface area contributed by atoms with E-state index in [4.69, 9.17) is 5.26 Å². The zero-order valence-electron chi connectivity index (χ0n) is 7.99. The highest BCUT2D eigenvalue weighted by atomic mass is 79.9. The molecule has 0 saturated heterocycles. The van der Waals surface area contributed by atoms with E-state index in [1.807, 2.05) is 13.0 Å². The quantitative estimate of drug-likeness (QED) is 0.925. The summed E-state index contributed by atoms with van der Waals surface area (Å²) in [6, 6.07) is 6.89. The van der Waals surface area contributed by atoms with Crippen LogP contribution in [0.4, 0.5) is 5.69 Å². The Bertz CT molecular complexity index is 505. The second-order valence-electron chi connectivity index (χ2n) is 3.00. The topological polar surface area (TPSA) is 70.0 Å². The second kappa shape index (κ2) is 4.64. The summed E-state index contributed by atoms with van der Waals surface area (Å²) < 4.78 is 25.6. The van der Waals surface area contributed by atoms with Gasteiger partial charge in [0.2, 0.25) is 10.0 Å². The van der Waals surface area contributed by atoms with Crippen LogP contribution in [0.25, 0.3) is 0 Å². The van der Waals surface area contributed by atoms with E-state index in [1.54, 1.807) is 18.2 Å². The van der Waals surface area contributed by atoms with Crippen LogP contribution in [0.1, 0.15) is 5.56 Å². The molecule has 1 rings (SSSR count). The molecule has 4 nitrogen and oxygen atoms in total. The van der Waals surface area contributed by atoms with Gasteiger partial charge in [0.25, 0.3) is 0 Å². The standard InChI is InChI=1S/C9H9BrN2O2S/c1-7-2-3-8(10)9(6-7)12-15(13,14)5-4-11/h2-3,6,12H,5H2,1H3. The van der Waals surface area contributed by atoms with Gasteiger partial charge in [-0.3, -0.25) is 4.72 Å². The molecule has 0 unspecified atom stereocenters. The number of benzene rings is 1. The molecule has 0 fully saturated rings. The minimum Gasteiger partial charge on any atom is -0.282 e. The third kappa shape index (κ3) is 3.53. The second-order valence-corrected chi connectivity index (χ2v) is 5.58. The first-order valence-corrected chi connectivity index (χ1v) is 6.53. The van der Waals surface area contributed by atoms with Crippen molar-refractivity contribution in [3.63, 3.8) is 0 Å². The zero-order valence-corrected chi connectivity index (χ0v) is 10.4. The van der Waals surface area contributed by atoms with Gasteiger partial charge in [-0.1, -0.05) is 6.07 Å². The van der Waals surface area contributed by atoms with Crippen molar-refractivity contribution in [1.29, 1.82) is 5.26 Å². The largest absolute Gasteiger partial charge is 0.282 e. The molecule has 0 amide bonds. The number of aryl methyl sites for hydroxylation is 1. The van der Waals surface area contributed by atoms with E-state index in [9.17, 15) is 8.42 Å². The third-order valence-corrected chi connectivity index (χ3v) is 3.37. The smallest absolute Gasteiger partial charge is 0.246 e.